The molecular formula is C17H18N2O2S. The summed E-state index contributed by atoms with van der Waals surface area (Å²) in [7, 11) is 0. The van der Waals surface area contributed by atoms with Crippen LogP contribution >= 0.6 is 11.3 Å². The highest BCUT2D eigenvalue weighted by molar-refractivity contribution is 7.17. The van der Waals surface area contributed by atoms with Gasteiger partial charge in [-0.2, -0.15) is 0 Å². The van der Waals surface area contributed by atoms with E-state index in [1.54, 1.807) is 12.1 Å². The van der Waals surface area contributed by atoms with Crippen molar-refractivity contribution in [2.45, 2.75) is 24.9 Å². The van der Waals surface area contributed by atoms with Gasteiger partial charge in [0.05, 0.1) is 4.88 Å². The maximum absolute atomic E-state index is 12.4. The lowest BCUT2D eigenvalue weighted by Gasteiger charge is -2.23. The van der Waals surface area contributed by atoms with Gasteiger partial charge in [0, 0.05) is 29.1 Å². The minimum Gasteiger partial charge on any atom is -0.507 e. The second-order valence-electron chi connectivity index (χ2n) is 6.10. The molecular weight excluding hydrogens is 296 g/mol. The van der Waals surface area contributed by atoms with E-state index >= 15 is 0 Å². The van der Waals surface area contributed by atoms with Crippen LogP contribution in [0.2, 0.25) is 0 Å². The highest BCUT2D eigenvalue weighted by Crippen LogP contribution is 2.35. The van der Waals surface area contributed by atoms with Gasteiger partial charge in [-0.15, -0.1) is 11.3 Å². The molecule has 0 radical (unpaired) electrons. The van der Waals surface area contributed by atoms with Crippen LogP contribution in [0.1, 0.15) is 22.5 Å². The van der Waals surface area contributed by atoms with Crippen LogP contribution in [-0.2, 0) is 0 Å². The van der Waals surface area contributed by atoms with Gasteiger partial charge in [0.15, 0.2) is 0 Å². The summed E-state index contributed by atoms with van der Waals surface area (Å²) in [5.74, 6) is 0.825. The van der Waals surface area contributed by atoms with E-state index in [2.05, 4.69) is 10.6 Å². The van der Waals surface area contributed by atoms with Crippen LogP contribution in [-0.4, -0.2) is 29.6 Å². The van der Waals surface area contributed by atoms with Crippen molar-refractivity contribution < 1.29 is 9.90 Å². The number of phenols is 1. The van der Waals surface area contributed by atoms with E-state index < -0.39 is 0 Å². The number of carbonyl (C=O) groups excluding carboxylic acids is 1. The summed E-state index contributed by atoms with van der Waals surface area (Å²) in [4.78, 5) is 14.0. The third kappa shape index (κ3) is 2.40. The summed E-state index contributed by atoms with van der Waals surface area (Å²) in [6.45, 7) is 1.02. The van der Waals surface area contributed by atoms with Crippen LogP contribution in [0.25, 0.3) is 10.4 Å². The molecule has 3 unspecified atom stereocenters. The zero-order valence-corrected chi connectivity index (χ0v) is 12.9. The second kappa shape index (κ2) is 5.41. The molecule has 2 bridgehead atoms. The predicted molar refractivity (Wildman–Crippen MR) is 87.2 cm³/mol. The van der Waals surface area contributed by atoms with Gasteiger partial charge < -0.3 is 15.7 Å². The third-order valence-electron chi connectivity index (χ3n) is 4.68. The molecule has 1 aliphatic carbocycles. The highest BCUT2D eigenvalue weighted by Gasteiger charge is 2.40. The molecule has 3 N–H and O–H groups in total. The van der Waals surface area contributed by atoms with Crippen molar-refractivity contribution in [2.24, 2.45) is 5.92 Å². The Morgan fingerprint density at radius 2 is 2.09 bits per heavy atom. The van der Waals surface area contributed by atoms with Gasteiger partial charge in [-0.3, -0.25) is 4.79 Å². The van der Waals surface area contributed by atoms with Crippen molar-refractivity contribution in [3.8, 4) is 16.2 Å². The molecule has 1 aliphatic heterocycles. The predicted octanol–water partition coefficient (Wildman–Crippen LogP) is 2.60. The van der Waals surface area contributed by atoms with Gasteiger partial charge in [-0.1, -0.05) is 12.1 Å². The molecule has 1 aromatic carbocycles. The number of para-hydroxylation sites is 1. The highest BCUT2D eigenvalue weighted by atomic mass is 32.1. The molecule has 2 aliphatic rings. The molecule has 2 fully saturated rings. The summed E-state index contributed by atoms with van der Waals surface area (Å²) in [6, 6.07) is 11.8. The first-order valence-corrected chi connectivity index (χ1v) is 8.45. The zero-order valence-electron chi connectivity index (χ0n) is 12.1. The first-order valence-electron chi connectivity index (χ1n) is 7.63. The van der Waals surface area contributed by atoms with Crippen molar-refractivity contribution in [1.82, 2.24) is 10.6 Å². The Labute approximate surface area is 133 Å². The number of piperidine rings is 1. The van der Waals surface area contributed by atoms with Crippen LogP contribution in [0, 0.1) is 5.92 Å². The molecule has 4 rings (SSSR count). The van der Waals surface area contributed by atoms with E-state index in [1.165, 1.54) is 17.8 Å². The largest absolute Gasteiger partial charge is 0.507 e. The van der Waals surface area contributed by atoms with Crippen LogP contribution < -0.4 is 10.6 Å². The lowest BCUT2D eigenvalue weighted by atomic mass is 10.0. The van der Waals surface area contributed by atoms with E-state index in [9.17, 15) is 9.90 Å². The fourth-order valence-electron chi connectivity index (χ4n) is 3.54. The first kappa shape index (κ1) is 13.8. The van der Waals surface area contributed by atoms with Gasteiger partial charge in [0.25, 0.3) is 5.91 Å². The number of fused-ring (bicyclic) bond motifs is 2. The molecule has 1 aromatic heterocycles. The number of hydrogen-bond acceptors (Lipinski definition) is 4. The smallest absolute Gasteiger partial charge is 0.261 e. The Balaban J connectivity index is 1.49. The molecule has 1 saturated carbocycles. The maximum Gasteiger partial charge on any atom is 0.261 e. The second-order valence-corrected chi connectivity index (χ2v) is 7.18. The van der Waals surface area contributed by atoms with Crippen molar-refractivity contribution in [3.63, 3.8) is 0 Å². The van der Waals surface area contributed by atoms with Crippen molar-refractivity contribution in [1.29, 1.82) is 0 Å². The molecule has 114 valence electrons. The number of phenolic OH excluding ortho intramolecular Hbond substituents is 1. The fraction of sp³-hybridized carbons (Fsp3) is 0.353. The van der Waals surface area contributed by atoms with Gasteiger partial charge in [-0.25, -0.2) is 0 Å². The van der Waals surface area contributed by atoms with E-state index in [-0.39, 0.29) is 11.7 Å². The Morgan fingerprint density at radius 3 is 2.82 bits per heavy atom. The molecule has 2 aromatic rings. The molecule has 4 nitrogen and oxygen atoms in total. The molecule has 1 amide bonds. The van der Waals surface area contributed by atoms with Crippen LogP contribution in [0.4, 0.5) is 0 Å². The zero-order chi connectivity index (χ0) is 15.1. The topological polar surface area (TPSA) is 61.4 Å². The Morgan fingerprint density at radius 1 is 1.23 bits per heavy atom. The number of amides is 1. The molecule has 3 atom stereocenters. The van der Waals surface area contributed by atoms with Gasteiger partial charge >= 0.3 is 0 Å². The Bertz CT molecular complexity index is 712. The van der Waals surface area contributed by atoms with Gasteiger partial charge in [0.2, 0.25) is 0 Å². The number of benzene rings is 1. The monoisotopic (exact) mass is 314 g/mol. The number of nitrogens with one attached hydrogen (secondary N) is 2. The maximum atomic E-state index is 12.4. The van der Waals surface area contributed by atoms with Crippen molar-refractivity contribution in [3.05, 3.63) is 41.3 Å². The Hall–Kier alpha value is -1.85. The summed E-state index contributed by atoms with van der Waals surface area (Å²) < 4.78 is 0. The average molecular weight is 314 g/mol. The summed E-state index contributed by atoms with van der Waals surface area (Å²) >= 11 is 1.42. The van der Waals surface area contributed by atoms with E-state index in [4.69, 9.17) is 0 Å². The minimum atomic E-state index is 0.00391. The van der Waals surface area contributed by atoms with Crippen LogP contribution in [0.3, 0.4) is 0 Å². The van der Waals surface area contributed by atoms with Crippen molar-refractivity contribution in [2.75, 3.05) is 6.54 Å². The van der Waals surface area contributed by atoms with E-state index in [0.717, 1.165) is 23.4 Å². The lowest BCUT2D eigenvalue weighted by Crippen LogP contribution is -2.43. The Kier molecular flexibility index (Phi) is 3.39. The summed E-state index contributed by atoms with van der Waals surface area (Å²) in [5.41, 5.74) is 0.774. The van der Waals surface area contributed by atoms with Crippen LogP contribution in [0.5, 0.6) is 5.75 Å². The number of carbonyl (C=O) groups is 1. The fourth-order valence-corrected chi connectivity index (χ4v) is 4.48. The summed E-state index contributed by atoms with van der Waals surface area (Å²) in [6.07, 6.45) is 2.21. The number of rotatable bonds is 3. The SMILES string of the molecule is O=C(NC1CC2CC1CN2)c1ccc(-c2ccccc2O)s1. The number of aromatic hydroxyl groups is 1. The molecule has 1 saturated heterocycles. The average Bonchev–Trinajstić information content (AvgIpc) is 3.24. The van der Waals surface area contributed by atoms with E-state index in [0.29, 0.717) is 22.9 Å². The third-order valence-corrected chi connectivity index (χ3v) is 5.80. The first-order chi connectivity index (χ1) is 10.7. The van der Waals surface area contributed by atoms with Crippen LogP contribution in [0.15, 0.2) is 36.4 Å². The molecule has 22 heavy (non-hydrogen) atoms. The quantitative estimate of drug-likeness (QED) is 0.816. The normalized spacial score (nSPS) is 26.3. The van der Waals surface area contributed by atoms with E-state index in [1.807, 2.05) is 24.3 Å². The summed E-state index contributed by atoms with van der Waals surface area (Å²) in [5, 5.41) is 16.5. The number of thiophene rings is 1. The number of hydrogen-bond donors (Lipinski definition) is 3. The molecule has 0 spiro atoms. The minimum absolute atomic E-state index is 0.00391. The van der Waals surface area contributed by atoms with Crippen molar-refractivity contribution >= 4 is 17.2 Å². The molecule has 5 heteroatoms. The van der Waals surface area contributed by atoms with Gasteiger partial charge in [-0.05, 0) is 43.0 Å². The lowest BCUT2D eigenvalue weighted by molar-refractivity contribution is 0.0929. The molecule has 2 heterocycles. The van der Waals surface area contributed by atoms with Gasteiger partial charge in [0.1, 0.15) is 5.75 Å². The standard InChI is InChI=1S/C17H18N2O2S/c20-14-4-2-1-3-12(14)15-5-6-16(22-15)17(21)19-13-8-11-7-10(13)9-18-11/h1-6,10-11,13,18,20H,7-9H2,(H,19,21).